The molecule has 1 saturated heterocycles. The molecule has 3 heterocycles. The summed E-state index contributed by atoms with van der Waals surface area (Å²) >= 11 is 6.01. The molecule has 1 aliphatic heterocycles. The van der Waals surface area contributed by atoms with Gasteiger partial charge in [0.1, 0.15) is 24.5 Å². The van der Waals surface area contributed by atoms with E-state index in [1.54, 1.807) is 4.57 Å². The molecular formula is C36H50ClN5O6. The van der Waals surface area contributed by atoms with Gasteiger partial charge in [-0.25, -0.2) is 4.98 Å². The standard InChI is InChI=1S/C36H50ClN5O6/c1-5-36(26(45)16-27(48-36)42-18-39-30-31(38)40-33(37)41-32(30)42)17-47-28(46)9-6-19(2)22-7-8-23-29-24(11-13-35(22,23)4)34(3)12-10-21(43)14-20(34)15-25(29)44/h1,18-27,29,43-45H,6-17H2,2-4H3,(H2,38,40,41)/t19-,20+,21-,22-,23+,24+,25+,26+,27-,29+,34+,35-,36-/m1/s1. The number of nitrogens with two attached hydrogens (primary N) is 1. The molecule has 12 heteroatoms. The molecule has 5 aliphatic rings. The largest absolute Gasteiger partial charge is 0.461 e. The summed E-state index contributed by atoms with van der Waals surface area (Å²) in [6.07, 6.45) is 14.1. The van der Waals surface area contributed by atoms with E-state index in [4.69, 9.17) is 33.2 Å². The molecule has 0 spiro atoms. The zero-order valence-electron chi connectivity index (χ0n) is 28.2. The van der Waals surface area contributed by atoms with Gasteiger partial charge < -0.3 is 30.5 Å². The summed E-state index contributed by atoms with van der Waals surface area (Å²) in [6, 6.07) is 0. The van der Waals surface area contributed by atoms with Crippen molar-refractivity contribution >= 4 is 34.6 Å². The number of hydrogen-bond acceptors (Lipinski definition) is 10. The van der Waals surface area contributed by atoms with Crippen molar-refractivity contribution in [3.05, 3.63) is 11.6 Å². The number of nitrogens with zero attached hydrogens (tertiary/aromatic N) is 4. The van der Waals surface area contributed by atoms with Gasteiger partial charge in [-0.15, -0.1) is 6.42 Å². The molecule has 2 aromatic heterocycles. The van der Waals surface area contributed by atoms with Crippen molar-refractivity contribution in [3.8, 4) is 12.3 Å². The summed E-state index contributed by atoms with van der Waals surface area (Å²) in [5.74, 6) is 4.77. The first-order valence-electron chi connectivity index (χ1n) is 17.8. The minimum Gasteiger partial charge on any atom is -0.461 e. The third-order valence-corrected chi connectivity index (χ3v) is 14.1. The fourth-order valence-corrected chi connectivity index (χ4v) is 11.5. The van der Waals surface area contributed by atoms with E-state index in [0.717, 1.165) is 51.4 Å². The number of esters is 1. The van der Waals surface area contributed by atoms with E-state index in [1.807, 2.05) is 0 Å². The van der Waals surface area contributed by atoms with Crippen molar-refractivity contribution in [3.63, 3.8) is 0 Å². The van der Waals surface area contributed by atoms with Gasteiger partial charge in [0.2, 0.25) is 5.28 Å². The van der Waals surface area contributed by atoms with Crippen LogP contribution in [0.2, 0.25) is 5.28 Å². The maximum Gasteiger partial charge on any atom is 0.305 e. The molecule has 0 amide bonds. The fourth-order valence-electron chi connectivity index (χ4n) is 11.3. The second kappa shape index (κ2) is 12.4. The molecule has 0 bridgehead atoms. The van der Waals surface area contributed by atoms with Crippen LogP contribution in [0.25, 0.3) is 11.2 Å². The highest BCUT2D eigenvalue weighted by atomic mass is 35.5. The van der Waals surface area contributed by atoms with Crippen LogP contribution >= 0.6 is 11.6 Å². The predicted octanol–water partition coefficient (Wildman–Crippen LogP) is 4.66. The van der Waals surface area contributed by atoms with Crippen LogP contribution < -0.4 is 5.73 Å². The van der Waals surface area contributed by atoms with Gasteiger partial charge in [0, 0.05) is 12.8 Å². The molecule has 0 unspecified atom stereocenters. The number of aromatic nitrogens is 4. The van der Waals surface area contributed by atoms with Crippen molar-refractivity contribution in [2.24, 2.45) is 46.3 Å². The van der Waals surface area contributed by atoms with E-state index in [9.17, 15) is 20.1 Å². The Hall–Kier alpha value is -2.49. The Balaban J connectivity index is 0.958. The molecule has 4 aliphatic carbocycles. The lowest BCUT2D eigenvalue weighted by Crippen LogP contribution is -2.58. The van der Waals surface area contributed by atoms with E-state index < -0.39 is 17.9 Å². The smallest absolute Gasteiger partial charge is 0.305 e. The first-order chi connectivity index (χ1) is 22.8. The van der Waals surface area contributed by atoms with Crippen LogP contribution in [-0.2, 0) is 14.3 Å². The first-order valence-corrected chi connectivity index (χ1v) is 18.2. The Labute approximate surface area is 287 Å². The normalized spacial score (nSPS) is 42.8. The lowest BCUT2D eigenvalue weighted by molar-refractivity contribution is -0.174. The number of hydrogen-bond donors (Lipinski definition) is 4. The summed E-state index contributed by atoms with van der Waals surface area (Å²) in [5.41, 5.74) is 5.45. The fraction of sp³-hybridized carbons (Fsp3) is 0.778. The molecular weight excluding hydrogens is 634 g/mol. The van der Waals surface area contributed by atoms with Crippen LogP contribution in [0.3, 0.4) is 0 Å². The average molecular weight is 684 g/mol. The van der Waals surface area contributed by atoms with E-state index in [-0.39, 0.29) is 59.6 Å². The zero-order chi connectivity index (χ0) is 34.2. The van der Waals surface area contributed by atoms with Gasteiger partial charge in [0.25, 0.3) is 0 Å². The SMILES string of the molecule is C#C[C@]1(COC(=O)CC[C@@H](C)[C@H]2CC[C@H]3[C@@H]4[C@@H](O)C[C@@H]5C[C@H](O)CC[C@]5(C)[C@H]4CC[C@]23C)O[C@@H](n2cnc3c(N)nc(Cl)nc32)C[C@@H]1O. The number of carbonyl (C=O) groups excluding carboxylic acids is 1. The van der Waals surface area contributed by atoms with E-state index in [2.05, 4.69) is 41.6 Å². The number of aliphatic hydroxyl groups is 3. The van der Waals surface area contributed by atoms with Crippen molar-refractivity contribution in [2.45, 2.75) is 122 Å². The van der Waals surface area contributed by atoms with Gasteiger partial charge in [0.05, 0.1) is 18.5 Å². The number of rotatable bonds is 7. The third kappa shape index (κ3) is 5.41. The van der Waals surface area contributed by atoms with E-state index in [0.29, 0.717) is 53.1 Å². The molecule has 48 heavy (non-hydrogen) atoms. The van der Waals surface area contributed by atoms with Crippen molar-refractivity contribution < 1.29 is 29.6 Å². The molecule has 13 atom stereocenters. The molecule has 0 radical (unpaired) electrons. The van der Waals surface area contributed by atoms with Gasteiger partial charge in [-0.3, -0.25) is 9.36 Å². The highest BCUT2D eigenvalue weighted by Crippen LogP contribution is 2.68. The van der Waals surface area contributed by atoms with Crippen LogP contribution in [0.1, 0.15) is 97.6 Å². The Morgan fingerprint density at radius 2 is 1.90 bits per heavy atom. The summed E-state index contributed by atoms with van der Waals surface area (Å²) in [5, 5.41) is 32.9. The predicted molar refractivity (Wildman–Crippen MR) is 179 cm³/mol. The molecule has 5 fully saturated rings. The van der Waals surface area contributed by atoms with Crippen LogP contribution in [0.4, 0.5) is 5.82 Å². The molecule has 0 aromatic carbocycles. The maximum atomic E-state index is 13.1. The Morgan fingerprint density at radius 3 is 2.67 bits per heavy atom. The van der Waals surface area contributed by atoms with Crippen LogP contribution in [0, 0.1) is 58.7 Å². The third-order valence-electron chi connectivity index (χ3n) is 14.0. The van der Waals surface area contributed by atoms with Gasteiger partial charge in [-0.05, 0) is 116 Å². The second-order valence-electron chi connectivity index (χ2n) is 16.2. The number of carbonyl (C=O) groups is 1. The number of ether oxygens (including phenoxy) is 2. The van der Waals surface area contributed by atoms with Gasteiger partial charge in [-0.2, -0.15) is 9.97 Å². The summed E-state index contributed by atoms with van der Waals surface area (Å²) in [4.78, 5) is 25.5. The number of terminal acetylenes is 1. The molecule has 11 nitrogen and oxygen atoms in total. The molecule has 4 saturated carbocycles. The monoisotopic (exact) mass is 683 g/mol. The summed E-state index contributed by atoms with van der Waals surface area (Å²) in [6.45, 7) is 6.86. The maximum absolute atomic E-state index is 13.1. The summed E-state index contributed by atoms with van der Waals surface area (Å²) in [7, 11) is 0. The number of fused-ring (bicyclic) bond motifs is 6. The number of imidazole rings is 1. The number of halogens is 1. The number of anilines is 1. The molecule has 2 aromatic rings. The molecule has 5 N–H and O–H groups in total. The molecule has 262 valence electrons. The van der Waals surface area contributed by atoms with Gasteiger partial charge in [-0.1, -0.05) is 26.7 Å². The quantitative estimate of drug-likeness (QED) is 0.183. The highest BCUT2D eigenvalue weighted by molar-refractivity contribution is 6.28. The van der Waals surface area contributed by atoms with Crippen molar-refractivity contribution in [1.82, 2.24) is 19.5 Å². The topological polar surface area (TPSA) is 166 Å². The minimum absolute atomic E-state index is 0.0403. The lowest BCUT2D eigenvalue weighted by Gasteiger charge is -2.62. The van der Waals surface area contributed by atoms with Gasteiger partial charge >= 0.3 is 5.97 Å². The minimum atomic E-state index is -1.53. The van der Waals surface area contributed by atoms with E-state index >= 15 is 0 Å². The molecule has 7 rings (SSSR count). The second-order valence-corrected chi connectivity index (χ2v) is 16.5. The van der Waals surface area contributed by atoms with E-state index in [1.165, 1.54) is 6.33 Å². The van der Waals surface area contributed by atoms with Crippen LogP contribution in [0.5, 0.6) is 0 Å². The number of nitrogen functional groups attached to an aromatic ring is 1. The first kappa shape index (κ1) is 34.0. The Bertz CT molecular complexity index is 1600. The number of aliphatic hydroxyl groups excluding tert-OH is 3. The Kier molecular flexibility index (Phi) is 8.76. The Morgan fingerprint density at radius 1 is 1.15 bits per heavy atom. The van der Waals surface area contributed by atoms with Crippen molar-refractivity contribution in [2.75, 3.05) is 12.3 Å². The van der Waals surface area contributed by atoms with Crippen molar-refractivity contribution in [1.29, 1.82) is 0 Å². The van der Waals surface area contributed by atoms with Crippen LogP contribution in [0.15, 0.2) is 6.33 Å². The summed E-state index contributed by atoms with van der Waals surface area (Å²) < 4.78 is 13.4. The average Bonchev–Trinajstić information content (AvgIpc) is 3.72. The highest BCUT2D eigenvalue weighted by Gasteiger charge is 2.63. The van der Waals surface area contributed by atoms with Crippen LogP contribution in [-0.4, -0.2) is 71.3 Å². The van der Waals surface area contributed by atoms with Gasteiger partial charge in [0.15, 0.2) is 17.1 Å². The zero-order valence-corrected chi connectivity index (χ0v) is 29.0. The lowest BCUT2D eigenvalue weighted by atomic mass is 9.43.